The van der Waals surface area contributed by atoms with Crippen LogP contribution in [0.2, 0.25) is 0 Å². The van der Waals surface area contributed by atoms with Gasteiger partial charge in [0.2, 0.25) is 0 Å². The molecule has 0 spiro atoms. The van der Waals surface area contributed by atoms with E-state index in [0.29, 0.717) is 17.1 Å². The smallest absolute Gasteiger partial charge is 0.150 e. The van der Waals surface area contributed by atoms with Crippen LogP contribution in [0.1, 0.15) is 35.2 Å². The van der Waals surface area contributed by atoms with Gasteiger partial charge in [-0.1, -0.05) is 23.5 Å². The first kappa shape index (κ1) is 16.7. The van der Waals surface area contributed by atoms with Crippen molar-refractivity contribution >= 4 is 11.3 Å². The molecule has 0 saturated carbocycles. The molecule has 0 saturated heterocycles. The van der Waals surface area contributed by atoms with Crippen molar-refractivity contribution in [1.82, 2.24) is 25.1 Å². The quantitative estimate of drug-likeness (QED) is 0.768. The van der Waals surface area contributed by atoms with Crippen LogP contribution in [0, 0.1) is 19.7 Å². The molecular weight excluding hydrogens is 325 g/mol. The number of benzene rings is 1. The summed E-state index contributed by atoms with van der Waals surface area (Å²) in [7, 11) is 2.01. The van der Waals surface area contributed by atoms with E-state index in [4.69, 9.17) is 0 Å². The number of hydrogen-bond acceptors (Lipinski definition) is 5. The Balaban J connectivity index is 1.71. The normalized spacial score (nSPS) is 12.5. The molecule has 1 N–H and O–H groups in total. The zero-order chi connectivity index (χ0) is 17.3. The lowest BCUT2D eigenvalue weighted by Crippen LogP contribution is -2.20. The van der Waals surface area contributed by atoms with Gasteiger partial charge in [-0.3, -0.25) is 0 Å². The van der Waals surface area contributed by atoms with Crippen molar-refractivity contribution in [2.45, 2.75) is 33.4 Å². The van der Waals surface area contributed by atoms with Crippen LogP contribution in [0.3, 0.4) is 0 Å². The highest BCUT2D eigenvalue weighted by Crippen LogP contribution is 2.28. The minimum Gasteiger partial charge on any atom is -0.334 e. The lowest BCUT2D eigenvalue weighted by atomic mass is 10.2. The van der Waals surface area contributed by atoms with Crippen LogP contribution in [0.4, 0.5) is 4.39 Å². The second kappa shape index (κ2) is 6.78. The number of rotatable bonds is 5. The summed E-state index contributed by atoms with van der Waals surface area (Å²) >= 11 is 1.40. The van der Waals surface area contributed by atoms with E-state index in [2.05, 4.69) is 32.0 Å². The van der Waals surface area contributed by atoms with Crippen molar-refractivity contribution in [3.8, 4) is 10.6 Å². The van der Waals surface area contributed by atoms with E-state index in [-0.39, 0.29) is 11.9 Å². The molecule has 0 aliphatic rings. The molecule has 0 amide bonds. The summed E-state index contributed by atoms with van der Waals surface area (Å²) in [5.74, 6) is 0.704. The third-order valence-electron chi connectivity index (χ3n) is 4.19. The standard InChI is InChI=1S/C17H20FN5S/c1-10-12(3)23(4)15(20-10)9-19-11(2)16-21-22-17(24-16)13-7-5-6-8-14(13)18/h5-8,11,19H,9H2,1-4H3. The monoisotopic (exact) mass is 345 g/mol. The first-order chi connectivity index (χ1) is 11.5. The van der Waals surface area contributed by atoms with Crippen molar-refractivity contribution < 1.29 is 4.39 Å². The molecule has 0 radical (unpaired) electrons. The van der Waals surface area contributed by atoms with Gasteiger partial charge in [-0.25, -0.2) is 9.37 Å². The second-order valence-electron chi connectivity index (χ2n) is 5.79. The fourth-order valence-electron chi connectivity index (χ4n) is 2.43. The predicted octanol–water partition coefficient (Wildman–Crippen LogP) is 3.55. The predicted molar refractivity (Wildman–Crippen MR) is 93.2 cm³/mol. The zero-order valence-corrected chi connectivity index (χ0v) is 15.0. The number of nitrogens with one attached hydrogen (secondary N) is 1. The van der Waals surface area contributed by atoms with Gasteiger partial charge in [-0.05, 0) is 32.9 Å². The summed E-state index contributed by atoms with van der Waals surface area (Å²) in [5, 5.41) is 13.2. The second-order valence-corrected chi connectivity index (χ2v) is 6.79. The molecule has 0 fully saturated rings. The molecule has 1 atom stereocenters. The molecule has 3 aromatic rings. The minimum absolute atomic E-state index is 0.0142. The van der Waals surface area contributed by atoms with Crippen molar-refractivity contribution in [3.63, 3.8) is 0 Å². The zero-order valence-electron chi connectivity index (χ0n) is 14.2. The molecule has 0 aliphatic carbocycles. The molecule has 3 rings (SSSR count). The molecule has 24 heavy (non-hydrogen) atoms. The number of imidazole rings is 1. The number of nitrogens with zero attached hydrogens (tertiary/aromatic N) is 4. The fraction of sp³-hybridized carbons (Fsp3) is 0.353. The van der Waals surface area contributed by atoms with Crippen LogP contribution in [0.25, 0.3) is 10.6 Å². The maximum absolute atomic E-state index is 13.9. The first-order valence-electron chi connectivity index (χ1n) is 7.78. The Hall–Kier alpha value is -2.12. The Bertz CT molecular complexity index is 855. The minimum atomic E-state index is -0.278. The van der Waals surface area contributed by atoms with Gasteiger partial charge in [-0.2, -0.15) is 0 Å². The topological polar surface area (TPSA) is 55.6 Å². The van der Waals surface area contributed by atoms with Gasteiger partial charge in [-0.15, -0.1) is 10.2 Å². The van der Waals surface area contributed by atoms with Crippen LogP contribution in [-0.2, 0) is 13.6 Å². The molecule has 2 heterocycles. The van der Waals surface area contributed by atoms with Gasteiger partial charge < -0.3 is 9.88 Å². The highest BCUT2D eigenvalue weighted by molar-refractivity contribution is 7.14. The van der Waals surface area contributed by atoms with Crippen LogP contribution < -0.4 is 5.32 Å². The Morgan fingerprint density at radius 1 is 1.25 bits per heavy atom. The fourth-order valence-corrected chi connectivity index (χ4v) is 3.33. The average molecular weight is 345 g/mol. The lowest BCUT2D eigenvalue weighted by molar-refractivity contribution is 0.542. The van der Waals surface area contributed by atoms with Crippen molar-refractivity contribution in [2.75, 3.05) is 0 Å². The summed E-state index contributed by atoms with van der Waals surface area (Å²) in [6.45, 7) is 6.73. The van der Waals surface area contributed by atoms with Gasteiger partial charge in [0.25, 0.3) is 0 Å². The van der Waals surface area contributed by atoms with E-state index in [9.17, 15) is 4.39 Å². The molecule has 1 unspecified atom stereocenters. The molecule has 7 heteroatoms. The van der Waals surface area contributed by atoms with Gasteiger partial charge in [0, 0.05) is 18.3 Å². The third kappa shape index (κ3) is 3.22. The Labute approximate surface area is 144 Å². The van der Waals surface area contributed by atoms with E-state index < -0.39 is 0 Å². The summed E-state index contributed by atoms with van der Waals surface area (Å²) in [5.41, 5.74) is 2.70. The third-order valence-corrected chi connectivity index (χ3v) is 5.33. The molecule has 5 nitrogen and oxygen atoms in total. The highest BCUT2D eigenvalue weighted by atomic mass is 32.1. The van der Waals surface area contributed by atoms with Gasteiger partial charge in [0.15, 0.2) is 5.01 Å². The summed E-state index contributed by atoms with van der Waals surface area (Å²) in [4.78, 5) is 4.56. The van der Waals surface area contributed by atoms with Crippen LogP contribution in [0.15, 0.2) is 24.3 Å². The molecule has 0 aliphatic heterocycles. The van der Waals surface area contributed by atoms with E-state index in [1.165, 1.54) is 17.4 Å². The van der Waals surface area contributed by atoms with Crippen molar-refractivity contribution in [2.24, 2.45) is 7.05 Å². The van der Waals surface area contributed by atoms with E-state index in [1.54, 1.807) is 18.2 Å². The number of aryl methyl sites for hydroxylation is 1. The Kier molecular flexibility index (Phi) is 4.73. The summed E-state index contributed by atoms with van der Waals surface area (Å²) in [6, 6.07) is 6.63. The van der Waals surface area contributed by atoms with Gasteiger partial charge in [0.05, 0.1) is 18.3 Å². The SMILES string of the molecule is Cc1nc(CNC(C)c2nnc(-c3ccccc3F)s2)n(C)c1C. The summed E-state index contributed by atoms with van der Waals surface area (Å²) < 4.78 is 15.9. The molecule has 2 aromatic heterocycles. The molecule has 1 aromatic carbocycles. The van der Waals surface area contributed by atoms with Crippen LogP contribution in [-0.4, -0.2) is 19.7 Å². The maximum atomic E-state index is 13.9. The van der Waals surface area contributed by atoms with E-state index in [0.717, 1.165) is 22.2 Å². The lowest BCUT2D eigenvalue weighted by Gasteiger charge is -2.10. The van der Waals surface area contributed by atoms with E-state index in [1.807, 2.05) is 20.9 Å². The maximum Gasteiger partial charge on any atom is 0.150 e. The van der Waals surface area contributed by atoms with Crippen molar-refractivity contribution in [1.29, 1.82) is 0 Å². The van der Waals surface area contributed by atoms with Crippen molar-refractivity contribution in [3.05, 3.63) is 52.3 Å². The summed E-state index contributed by atoms with van der Waals surface area (Å²) in [6.07, 6.45) is 0. The molecule has 0 bridgehead atoms. The molecular formula is C17H20FN5S. The van der Waals surface area contributed by atoms with Crippen LogP contribution >= 0.6 is 11.3 Å². The Morgan fingerprint density at radius 2 is 2.00 bits per heavy atom. The molecule has 126 valence electrons. The Morgan fingerprint density at radius 3 is 2.67 bits per heavy atom. The van der Waals surface area contributed by atoms with Crippen LogP contribution in [0.5, 0.6) is 0 Å². The first-order valence-corrected chi connectivity index (χ1v) is 8.59. The van der Waals surface area contributed by atoms with E-state index >= 15 is 0 Å². The highest BCUT2D eigenvalue weighted by Gasteiger charge is 2.16. The largest absolute Gasteiger partial charge is 0.334 e. The van der Waals surface area contributed by atoms with Gasteiger partial charge >= 0.3 is 0 Å². The number of halogens is 1. The van der Waals surface area contributed by atoms with Gasteiger partial charge in [0.1, 0.15) is 16.6 Å². The number of aromatic nitrogens is 4. The number of hydrogen-bond donors (Lipinski definition) is 1. The average Bonchev–Trinajstić information content (AvgIpc) is 3.15.